The Balaban J connectivity index is 3.11. The van der Waals surface area contributed by atoms with Crippen molar-refractivity contribution in [2.24, 2.45) is 0 Å². The zero-order chi connectivity index (χ0) is 13.7. The highest BCUT2D eigenvalue weighted by molar-refractivity contribution is 5.96. The highest BCUT2D eigenvalue weighted by Gasteiger charge is 2.14. The number of hydrogen-bond donors (Lipinski definition) is 1. The van der Waals surface area contributed by atoms with Crippen LogP contribution in [0.5, 0.6) is 5.75 Å². The summed E-state index contributed by atoms with van der Waals surface area (Å²) in [5.41, 5.74) is 0.345. The molecule has 98 valence electrons. The molecule has 18 heavy (non-hydrogen) atoms. The number of halogens is 2. The van der Waals surface area contributed by atoms with Crippen molar-refractivity contribution in [3.8, 4) is 5.75 Å². The van der Waals surface area contributed by atoms with E-state index in [1.807, 2.05) is 0 Å². The van der Waals surface area contributed by atoms with Crippen molar-refractivity contribution in [3.05, 3.63) is 29.3 Å². The van der Waals surface area contributed by atoms with Gasteiger partial charge in [0.1, 0.15) is 5.75 Å². The summed E-state index contributed by atoms with van der Waals surface area (Å²) in [4.78, 5) is 22.1. The van der Waals surface area contributed by atoms with E-state index < -0.39 is 19.0 Å². The molecule has 0 fully saturated rings. The molecule has 0 heterocycles. The molecule has 0 aliphatic rings. The Bertz CT molecular complexity index is 457. The summed E-state index contributed by atoms with van der Waals surface area (Å²) in [6, 6.07) is 3.81. The average Bonchev–Trinajstić information content (AvgIpc) is 2.29. The van der Waals surface area contributed by atoms with Crippen molar-refractivity contribution >= 4 is 11.8 Å². The maximum atomic E-state index is 12.1. The first kappa shape index (κ1) is 14.1. The van der Waals surface area contributed by atoms with Crippen LogP contribution in [0.4, 0.5) is 8.78 Å². The molecule has 0 aliphatic heterocycles. The average molecular weight is 258 g/mol. The summed E-state index contributed by atoms with van der Waals surface area (Å²) >= 11 is 0. The number of carbonyl (C=O) groups is 2. The lowest BCUT2D eigenvalue weighted by Gasteiger charge is -2.10. The van der Waals surface area contributed by atoms with Crippen LogP contribution in [0.3, 0.4) is 0 Å². The Hall–Kier alpha value is -1.98. The SMILES string of the molecule is CCC(=O)c1ccc(OC(F)F)c(CC(=O)O)c1. The molecule has 0 atom stereocenters. The van der Waals surface area contributed by atoms with E-state index in [1.54, 1.807) is 6.92 Å². The maximum absolute atomic E-state index is 12.1. The van der Waals surface area contributed by atoms with Gasteiger partial charge in [0.25, 0.3) is 0 Å². The summed E-state index contributed by atoms with van der Waals surface area (Å²) in [5.74, 6) is -1.60. The van der Waals surface area contributed by atoms with E-state index in [2.05, 4.69) is 4.74 Å². The molecule has 4 nitrogen and oxygen atoms in total. The number of Topliss-reactive ketones (excluding diaryl/α,β-unsaturated/α-hetero) is 1. The fraction of sp³-hybridized carbons (Fsp3) is 0.333. The van der Waals surface area contributed by atoms with Crippen LogP contribution in [-0.4, -0.2) is 23.5 Å². The Morgan fingerprint density at radius 1 is 1.39 bits per heavy atom. The normalized spacial score (nSPS) is 10.4. The minimum Gasteiger partial charge on any atom is -0.481 e. The number of hydrogen-bond acceptors (Lipinski definition) is 3. The molecule has 0 bridgehead atoms. The van der Waals surface area contributed by atoms with Gasteiger partial charge in [-0.05, 0) is 18.2 Å². The van der Waals surface area contributed by atoms with Crippen LogP contribution < -0.4 is 4.74 Å². The molecule has 0 saturated heterocycles. The molecule has 6 heteroatoms. The predicted octanol–water partition coefficient (Wildman–Crippen LogP) is 2.51. The smallest absolute Gasteiger partial charge is 0.387 e. The van der Waals surface area contributed by atoms with Crippen LogP contribution in [0, 0.1) is 0 Å². The van der Waals surface area contributed by atoms with Crippen LogP contribution in [0.15, 0.2) is 18.2 Å². The van der Waals surface area contributed by atoms with Gasteiger partial charge in [-0.3, -0.25) is 9.59 Å². The molecule has 0 radical (unpaired) electrons. The Morgan fingerprint density at radius 2 is 2.06 bits per heavy atom. The lowest BCUT2D eigenvalue weighted by atomic mass is 10.0. The van der Waals surface area contributed by atoms with Crippen molar-refractivity contribution in [2.75, 3.05) is 0 Å². The van der Waals surface area contributed by atoms with Gasteiger partial charge in [0.2, 0.25) is 0 Å². The summed E-state index contributed by atoms with van der Waals surface area (Å²) < 4.78 is 28.5. The molecule has 0 saturated carbocycles. The maximum Gasteiger partial charge on any atom is 0.387 e. The minimum atomic E-state index is -3.04. The van der Waals surface area contributed by atoms with E-state index in [0.29, 0.717) is 0 Å². The Labute approximate surface area is 102 Å². The first-order chi connectivity index (χ1) is 8.43. The zero-order valence-corrected chi connectivity index (χ0v) is 9.65. The number of ketones is 1. The Kier molecular flexibility index (Phi) is 4.76. The minimum absolute atomic E-state index is 0.0575. The van der Waals surface area contributed by atoms with Crippen molar-refractivity contribution in [1.29, 1.82) is 0 Å². The van der Waals surface area contributed by atoms with Crippen LogP contribution >= 0.6 is 0 Å². The topological polar surface area (TPSA) is 63.6 Å². The molecular weight excluding hydrogens is 246 g/mol. The summed E-state index contributed by atoms with van der Waals surface area (Å²) in [5, 5.41) is 8.68. The van der Waals surface area contributed by atoms with Gasteiger partial charge in [-0.1, -0.05) is 6.92 Å². The second-order valence-electron chi connectivity index (χ2n) is 3.55. The van der Waals surface area contributed by atoms with Crippen LogP contribution in [-0.2, 0) is 11.2 Å². The number of carbonyl (C=O) groups excluding carboxylic acids is 1. The zero-order valence-electron chi connectivity index (χ0n) is 9.65. The lowest BCUT2D eigenvalue weighted by Crippen LogP contribution is -2.09. The van der Waals surface area contributed by atoms with E-state index >= 15 is 0 Å². The first-order valence-corrected chi connectivity index (χ1v) is 5.26. The molecule has 1 N–H and O–H groups in total. The van der Waals surface area contributed by atoms with Crippen LogP contribution in [0.25, 0.3) is 0 Å². The quantitative estimate of drug-likeness (QED) is 0.796. The Morgan fingerprint density at radius 3 is 2.56 bits per heavy atom. The molecule has 1 aromatic carbocycles. The van der Waals surface area contributed by atoms with Crippen molar-refractivity contribution < 1.29 is 28.2 Å². The van der Waals surface area contributed by atoms with Gasteiger partial charge in [0.05, 0.1) is 6.42 Å². The fourth-order valence-electron chi connectivity index (χ4n) is 1.47. The molecule has 0 amide bonds. The molecule has 1 aromatic rings. The molecule has 0 unspecified atom stereocenters. The number of benzene rings is 1. The third-order valence-electron chi connectivity index (χ3n) is 2.26. The number of ether oxygens (including phenoxy) is 1. The highest BCUT2D eigenvalue weighted by Crippen LogP contribution is 2.23. The molecular formula is C12H12F2O4. The predicted molar refractivity (Wildman–Crippen MR) is 59.0 cm³/mol. The number of rotatable bonds is 6. The molecule has 0 spiro atoms. The van der Waals surface area contributed by atoms with Gasteiger partial charge in [-0.25, -0.2) is 0 Å². The fourth-order valence-corrected chi connectivity index (χ4v) is 1.47. The van der Waals surface area contributed by atoms with E-state index in [-0.39, 0.29) is 29.1 Å². The van der Waals surface area contributed by atoms with Gasteiger partial charge in [0.15, 0.2) is 5.78 Å². The molecule has 1 rings (SSSR count). The van der Waals surface area contributed by atoms with Crippen LogP contribution in [0.1, 0.15) is 29.3 Å². The van der Waals surface area contributed by atoms with Gasteiger partial charge in [-0.2, -0.15) is 8.78 Å². The van der Waals surface area contributed by atoms with Crippen molar-refractivity contribution in [3.63, 3.8) is 0 Å². The second kappa shape index (κ2) is 6.09. The number of aliphatic carboxylic acids is 1. The van der Waals surface area contributed by atoms with Gasteiger partial charge in [0, 0.05) is 17.5 Å². The second-order valence-corrected chi connectivity index (χ2v) is 3.55. The lowest BCUT2D eigenvalue weighted by molar-refractivity contribution is -0.136. The van der Waals surface area contributed by atoms with E-state index in [0.717, 1.165) is 0 Å². The van der Waals surface area contributed by atoms with Crippen molar-refractivity contribution in [2.45, 2.75) is 26.4 Å². The van der Waals surface area contributed by atoms with Crippen molar-refractivity contribution in [1.82, 2.24) is 0 Å². The molecule has 0 aliphatic carbocycles. The monoisotopic (exact) mass is 258 g/mol. The highest BCUT2D eigenvalue weighted by atomic mass is 19.3. The summed E-state index contributed by atoms with van der Waals surface area (Å²) in [6.07, 6.45) is -0.228. The van der Waals surface area contributed by atoms with Gasteiger partial charge >= 0.3 is 12.6 Å². The van der Waals surface area contributed by atoms with E-state index in [4.69, 9.17) is 5.11 Å². The molecule has 0 aromatic heterocycles. The van der Waals surface area contributed by atoms with Gasteiger partial charge < -0.3 is 9.84 Å². The standard InChI is InChI=1S/C12H12F2O4/c1-2-9(15)7-3-4-10(18-12(13)14)8(5-7)6-11(16)17/h3-5,12H,2,6H2,1H3,(H,16,17). The first-order valence-electron chi connectivity index (χ1n) is 5.26. The number of alkyl halides is 2. The third kappa shape index (κ3) is 3.80. The number of carboxylic acid groups (broad SMARTS) is 1. The summed E-state index contributed by atoms with van der Waals surface area (Å²) in [7, 11) is 0. The van der Waals surface area contributed by atoms with E-state index in [9.17, 15) is 18.4 Å². The van der Waals surface area contributed by atoms with E-state index in [1.165, 1.54) is 18.2 Å². The number of carboxylic acids is 1. The third-order valence-corrected chi connectivity index (χ3v) is 2.26. The largest absolute Gasteiger partial charge is 0.481 e. The summed E-state index contributed by atoms with van der Waals surface area (Å²) in [6.45, 7) is -1.38. The van der Waals surface area contributed by atoms with Crippen LogP contribution in [0.2, 0.25) is 0 Å². The van der Waals surface area contributed by atoms with Gasteiger partial charge in [-0.15, -0.1) is 0 Å².